The summed E-state index contributed by atoms with van der Waals surface area (Å²) >= 11 is 6.90. The van der Waals surface area contributed by atoms with Crippen LogP contribution in [0.25, 0.3) is 0 Å². The van der Waals surface area contributed by atoms with E-state index in [1.165, 1.54) is 0 Å². The number of methoxy groups -OCH3 is 1. The van der Waals surface area contributed by atoms with Crippen LogP contribution in [0.15, 0.2) is 24.3 Å². The summed E-state index contributed by atoms with van der Waals surface area (Å²) in [5, 5.41) is 0. The smallest absolute Gasteiger partial charge is 0.260 e. The first-order valence-electron chi connectivity index (χ1n) is 9.39. The molecule has 5 aliphatic rings. The summed E-state index contributed by atoms with van der Waals surface area (Å²) in [7, 11) is -2.30. The molecule has 0 N–H and O–H groups in total. The van der Waals surface area contributed by atoms with Gasteiger partial charge in [0.05, 0.1) is 0 Å². The van der Waals surface area contributed by atoms with Gasteiger partial charge >= 0.3 is 0 Å². The highest BCUT2D eigenvalue weighted by molar-refractivity contribution is 7.50. The molecule has 1 aromatic rings. The van der Waals surface area contributed by atoms with E-state index in [2.05, 4.69) is 0 Å². The Bertz CT molecular complexity index is 804. The molecule has 0 aromatic heterocycles. The molecule has 8 heteroatoms. The fourth-order valence-corrected chi connectivity index (χ4v) is 7.38. The Morgan fingerprint density at radius 2 is 1.93 bits per heavy atom. The molecular weight excluding hydrogens is 391 g/mol. The minimum atomic E-state index is -3.91. The Morgan fingerprint density at radius 3 is 2.44 bits per heavy atom. The molecule has 1 aliphatic heterocycles. The number of hydrogen-bond donors (Lipinski definition) is 0. The van der Waals surface area contributed by atoms with Crippen LogP contribution in [0.5, 0.6) is 5.75 Å². The van der Waals surface area contributed by atoms with Crippen molar-refractivity contribution in [2.75, 3.05) is 13.8 Å². The fourth-order valence-electron chi connectivity index (χ4n) is 6.29. The van der Waals surface area contributed by atoms with Crippen molar-refractivity contribution in [1.82, 2.24) is 0 Å². The molecule has 4 atom stereocenters. The molecule has 1 aromatic carbocycles. The van der Waals surface area contributed by atoms with Crippen molar-refractivity contribution in [2.24, 2.45) is 17.8 Å². The predicted octanol–water partition coefficient (Wildman–Crippen LogP) is 3.57. The summed E-state index contributed by atoms with van der Waals surface area (Å²) in [4.78, 5) is 23.0. The second-order valence-corrected chi connectivity index (χ2v) is 11.2. The monoisotopic (exact) mass is 413 g/mol. The van der Waals surface area contributed by atoms with Crippen molar-refractivity contribution in [2.45, 2.75) is 48.4 Å². The topological polar surface area (TPSA) is 77.1 Å². The van der Waals surface area contributed by atoms with Gasteiger partial charge in [0.25, 0.3) is 5.79 Å². The van der Waals surface area contributed by atoms with Crippen molar-refractivity contribution < 1.29 is 28.5 Å². The lowest BCUT2D eigenvalue weighted by molar-refractivity contribution is -0.645. The first-order valence-corrected chi connectivity index (χ1v) is 11.8. The molecule has 1 heterocycles. The lowest BCUT2D eigenvalue weighted by atomic mass is 9.46. The van der Waals surface area contributed by atoms with Crippen molar-refractivity contribution in [3.63, 3.8) is 0 Å². The van der Waals surface area contributed by atoms with E-state index in [1.54, 1.807) is 25.3 Å². The minimum Gasteiger partial charge on any atom is -0.769 e. The minimum absolute atomic E-state index is 0.136. The number of rotatable bonds is 4. The van der Waals surface area contributed by atoms with Gasteiger partial charge in [-0.05, 0) is 62.0 Å². The molecule has 5 fully saturated rings. The summed E-state index contributed by atoms with van der Waals surface area (Å²) in [6, 6.07) is 6.89. The van der Waals surface area contributed by atoms with Gasteiger partial charge in [-0.2, -0.15) is 4.89 Å². The van der Waals surface area contributed by atoms with Gasteiger partial charge in [0.15, 0.2) is 13.2 Å². The zero-order valence-electron chi connectivity index (χ0n) is 15.4. The van der Waals surface area contributed by atoms with Gasteiger partial charge in [-0.1, -0.05) is 12.1 Å². The third-order valence-electron chi connectivity index (χ3n) is 6.91. The molecule has 1 spiro atoms. The van der Waals surface area contributed by atoms with Crippen LogP contribution in [-0.4, -0.2) is 24.2 Å². The Kier molecular flexibility index (Phi) is 3.90. The van der Waals surface area contributed by atoms with E-state index < -0.39 is 19.0 Å². The standard InChI is InChI=1S/C19H24ClO6P/c1-23-19(13-4-3-5-16(8-13)24-27(2,21)22)18(25-26-19)14-6-12-7-15(18)11-17(20,9-12)10-14/h3-5,8,12,14-15H,6-7,9-11H2,1-2H3,(H,21,22)/p-1. The number of halogens is 1. The van der Waals surface area contributed by atoms with Gasteiger partial charge in [0, 0.05) is 24.2 Å². The Labute approximate surface area is 163 Å². The molecular formula is C19H23ClO6P-. The summed E-state index contributed by atoms with van der Waals surface area (Å²) < 4.78 is 22.6. The van der Waals surface area contributed by atoms with E-state index in [0.717, 1.165) is 38.8 Å². The third-order valence-corrected chi connectivity index (χ3v) is 7.92. The first kappa shape index (κ1) is 18.4. The van der Waals surface area contributed by atoms with Crippen molar-refractivity contribution >= 4 is 19.2 Å². The van der Waals surface area contributed by atoms with Crippen LogP contribution in [-0.2, 0) is 24.9 Å². The largest absolute Gasteiger partial charge is 0.769 e. The molecule has 0 amide bonds. The van der Waals surface area contributed by atoms with E-state index in [1.807, 2.05) is 6.07 Å². The van der Waals surface area contributed by atoms with Crippen molar-refractivity contribution in [1.29, 1.82) is 0 Å². The van der Waals surface area contributed by atoms with E-state index in [4.69, 9.17) is 30.6 Å². The molecule has 0 radical (unpaired) electrons. The van der Waals surface area contributed by atoms with Crippen LogP contribution in [0.3, 0.4) is 0 Å². The highest BCUT2D eigenvalue weighted by Gasteiger charge is 2.78. The van der Waals surface area contributed by atoms with Crippen LogP contribution < -0.4 is 9.42 Å². The zero-order chi connectivity index (χ0) is 19.1. The van der Waals surface area contributed by atoms with Crippen LogP contribution in [0.4, 0.5) is 0 Å². The average Bonchev–Trinajstić information content (AvgIpc) is 2.52. The molecule has 4 saturated carbocycles. The second-order valence-electron chi connectivity index (χ2n) is 8.67. The van der Waals surface area contributed by atoms with Gasteiger partial charge in [-0.3, -0.25) is 4.57 Å². The van der Waals surface area contributed by atoms with E-state index in [0.29, 0.717) is 11.5 Å². The maximum absolute atomic E-state index is 11.5. The van der Waals surface area contributed by atoms with Crippen LogP contribution in [0.1, 0.15) is 37.7 Å². The SMILES string of the molecule is COC1(c2cccc(OP(C)(=O)[O-])c2)OOC12C1CC3CC2CC(Cl)(C3)C1. The lowest BCUT2D eigenvalue weighted by Gasteiger charge is -2.70. The molecule has 6 nitrogen and oxygen atoms in total. The second kappa shape index (κ2) is 5.71. The Balaban J connectivity index is 1.56. The van der Waals surface area contributed by atoms with Gasteiger partial charge in [-0.15, -0.1) is 11.6 Å². The average molecular weight is 414 g/mol. The van der Waals surface area contributed by atoms with Crippen molar-refractivity contribution in [3.05, 3.63) is 29.8 Å². The van der Waals surface area contributed by atoms with Gasteiger partial charge in [0.2, 0.25) is 0 Å². The summed E-state index contributed by atoms with van der Waals surface area (Å²) in [5.41, 5.74) is 0.113. The van der Waals surface area contributed by atoms with Crippen LogP contribution in [0, 0.1) is 17.8 Å². The van der Waals surface area contributed by atoms with Crippen LogP contribution >= 0.6 is 19.2 Å². The molecule has 4 bridgehead atoms. The van der Waals surface area contributed by atoms with Gasteiger partial charge < -0.3 is 14.2 Å². The van der Waals surface area contributed by atoms with Crippen molar-refractivity contribution in [3.8, 4) is 5.75 Å². The molecule has 1 saturated heterocycles. The highest BCUT2D eigenvalue weighted by Crippen LogP contribution is 2.71. The zero-order valence-corrected chi connectivity index (χ0v) is 17.0. The lowest BCUT2D eigenvalue weighted by Crippen LogP contribution is -2.78. The van der Waals surface area contributed by atoms with E-state index >= 15 is 0 Å². The van der Waals surface area contributed by atoms with Crippen LogP contribution in [0.2, 0.25) is 0 Å². The number of ether oxygens (including phenoxy) is 1. The maximum atomic E-state index is 11.5. The summed E-state index contributed by atoms with van der Waals surface area (Å²) in [6.07, 6.45) is 4.96. The Morgan fingerprint density at radius 1 is 1.22 bits per heavy atom. The quantitative estimate of drug-likeness (QED) is 0.426. The number of hydrogen-bond acceptors (Lipinski definition) is 6. The third kappa shape index (κ3) is 2.51. The number of alkyl halides is 1. The normalized spacial score (nSPS) is 46.9. The molecule has 148 valence electrons. The molecule has 4 unspecified atom stereocenters. The highest BCUT2D eigenvalue weighted by atomic mass is 35.5. The summed E-state index contributed by atoms with van der Waals surface area (Å²) in [5.74, 6) is 0.286. The van der Waals surface area contributed by atoms with E-state index in [-0.39, 0.29) is 22.5 Å². The van der Waals surface area contributed by atoms with Gasteiger partial charge in [-0.25, -0.2) is 4.89 Å². The predicted molar refractivity (Wildman–Crippen MR) is 96.3 cm³/mol. The van der Waals surface area contributed by atoms with Gasteiger partial charge in [0.1, 0.15) is 5.75 Å². The molecule has 6 rings (SSSR count). The molecule has 27 heavy (non-hydrogen) atoms. The fraction of sp³-hybridized carbons (Fsp3) is 0.684. The summed E-state index contributed by atoms with van der Waals surface area (Å²) in [6.45, 7) is 1.05. The van der Waals surface area contributed by atoms with E-state index in [9.17, 15) is 9.46 Å². The number of benzene rings is 1. The Hall–Kier alpha value is -0.620. The molecule has 4 aliphatic carbocycles. The maximum Gasteiger partial charge on any atom is 0.260 e. The first-order chi connectivity index (χ1) is 12.7.